The molecule has 1 aromatic rings. The third-order valence-electron chi connectivity index (χ3n) is 1.58. The average molecular weight is 239 g/mol. The number of methoxy groups -OCH3 is 1. The second-order valence-electron chi connectivity index (χ2n) is 2.45. The normalized spacial score (nSPS) is 10.5. The first-order chi connectivity index (χ1) is 6.97. The summed E-state index contributed by atoms with van der Waals surface area (Å²) in [4.78, 5) is 12.9. The van der Waals surface area contributed by atoms with Gasteiger partial charge in [-0.1, -0.05) is 11.6 Å². The molecule has 0 bridgehead atoms. The number of nitro groups is 1. The Bertz CT molecular complexity index is 400. The van der Waals surface area contributed by atoms with Crippen molar-refractivity contribution in [3.05, 3.63) is 26.9 Å². The van der Waals surface area contributed by atoms with Gasteiger partial charge in [0.15, 0.2) is 0 Å². The van der Waals surface area contributed by atoms with Crippen molar-refractivity contribution < 1.29 is 18.4 Å². The Labute approximate surface area is 87.8 Å². The molecule has 0 N–H and O–H groups in total. The number of aromatic nitrogens is 1. The van der Waals surface area contributed by atoms with Crippen molar-refractivity contribution in [2.75, 3.05) is 7.11 Å². The zero-order chi connectivity index (χ0) is 11.6. The maximum atomic E-state index is 12.4. The van der Waals surface area contributed by atoms with E-state index >= 15 is 0 Å². The largest absolute Gasteiger partial charge is 0.481 e. The van der Waals surface area contributed by atoms with Crippen LogP contribution in [0.2, 0.25) is 5.15 Å². The van der Waals surface area contributed by atoms with Crippen LogP contribution in [-0.2, 0) is 0 Å². The molecular formula is C7H5ClF2N2O3. The highest BCUT2D eigenvalue weighted by molar-refractivity contribution is 6.31. The predicted molar refractivity (Wildman–Crippen MR) is 47.4 cm³/mol. The molecule has 8 heteroatoms. The Hall–Kier alpha value is -1.50. The van der Waals surface area contributed by atoms with Gasteiger partial charge in [0.1, 0.15) is 0 Å². The van der Waals surface area contributed by atoms with Crippen molar-refractivity contribution >= 4 is 17.3 Å². The van der Waals surface area contributed by atoms with E-state index in [-0.39, 0.29) is 0 Å². The van der Waals surface area contributed by atoms with E-state index in [9.17, 15) is 18.9 Å². The molecule has 0 spiro atoms. The number of halogens is 3. The molecule has 1 aromatic heterocycles. The maximum absolute atomic E-state index is 12.4. The van der Waals surface area contributed by atoms with E-state index in [0.717, 1.165) is 7.11 Å². The van der Waals surface area contributed by atoms with Gasteiger partial charge in [0.25, 0.3) is 6.43 Å². The second kappa shape index (κ2) is 4.35. The second-order valence-corrected chi connectivity index (χ2v) is 2.81. The van der Waals surface area contributed by atoms with Crippen molar-refractivity contribution in [2.24, 2.45) is 0 Å². The van der Waals surface area contributed by atoms with Gasteiger partial charge in [-0.15, -0.1) is 0 Å². The molecule has 0 fully saturated rings. The third-order valence-corrected chi connectivity index (χ3v) is 1.85. The molecule has 1 heterocycles. The van der Waals surface area contributed by atoms with Crippen molar-refractivity contribution in [2.45, 2.75) is 6.43 Å². The minimum Gasteiger partial charge on any atom is -0.481 e. The zero-order valence-corrected chi connectivity index (χ0v) is 8.16. The quantitative estimate of drug-likeness (QED) is 0.461. The van der Waals surface area contributed by atoms with Gasteiger partial charge in [-0.25, -0.2) is 8.78 Å². The Kier molecular flexibility index (Phi) is 3.35. The SMILES string of the molecule is COc1nc(Cl)c([N+](=O)[O-])cc1C(F)F. The number of nitrogens with zero attached hydrogens (tertiary/aromatic N) is 2. The standard InChI is InChI=1S/C7H5ClF2N2O3/c1-15-7-3(6(9)10)2-4(12(13)14)5(8)11-7/h2,6H,1H3. The lowest BCUT2D eigenvalue weighted by Crippen LogP contribution is -2.00. The zero-order valence-electron chi connectivity index (χ0n) is 7.41. The lowest BCUT2D eigenvalue weighted by Gasteiger charge is -2.06. The Morgan fingerprint density at radius 1 is 1.67 bits per heavy atom. The molecule has 5 nitrogen and oxygen atoms in total. The van der Waals surface area contributed by atoms with E-state index in [1.807, 2.05) is 0 Å². The van der Waals surface area contributed by atoms with Crippen LogP contribution < -0.4 is 4.74 Å². The lowest BCUT2D eigenvalue weighted by atomic mass is 10.2. The van der Waals surface area contributed by atoms with E-state index in [1.165, 1.54) is 0 Å². The summed E-state index contributed by atoms with van der Waals surface area (Å²) in [6.45, 7) is 0. The summed E-state index contributed by atoms with van der Waals surface area (Å²) in [6, 6.07) is 0.652. The summed E-state index contributed by atoms with van der Waals surface area (Å²) in [5, 5.41) is 9.91. The van der Waals surface area contributed by atoms with E-state index in [2.05, 4.69) is 9.72 Å². The van der Waals surface area contributed by atoms with Gasteiger partial charge in [-0.3, -0.25) is 10.1 Å². The van der Waals surface area contributed by atoms with Gasteiger partial charge in [0, 0.05) is 6.07 Å². The predicted octanol–water partition coefficient (Wildman–Crippen LogP) is 2.59. The highest BCUT2D eigenvalue weighted by Crippen LogP contribution is 2.34. The highest BCUT2D eigenvalue weighted by atomic mass is 35.5. The van der Waals surface area contributed by atoms with Crippen LogP contribution in [0.1, 0.15) is 12.0 Å². The lowest BCUT2D eigenvalue weighted by molar-refractivity contribution is -0.385. The van der Waals surface area contributed by atoms with Crippen LogP contribution in [0.3, 0.4) is 0 Å². The van der Waals surface area contributed by atoms with Crippen molar-refractivity contribution in [1.82, 2.24) is 4.98 Å². The molecule has 0 radical (unpaired) electrons. The van der Waals surface area contributed by atoms with Crippen LogP contribution in [0.4, 0.5) is 14.5 Å². The maximum Gasteiger partial charge on any atom is 0.307 e. The first-order valence-corrected chi connectivity index (χ1v) is 4.02. The van der Waals surface area contributed by atoms with E-state index < -0.39 is 33.6 Å². The third kappa shape index (κ3) is 2.30. The molecule has 0 saturated heterocycles. The molecule has 0 amide bonds. The molecule has 0 aliphatic heterocycles. The van der Waals surface area contributed by atoms with Crippen molar-refractivity contribution in [3.8, 4) is 5.88 Å². The van der Waals surface area contributed by atoms with Crippen molar-refractivity contribution in [1.29, 1.82) is 0 Å². The number of pyridine rings is 1. The van der Waals surface area contributed by atoms with Gasteiger partial charge in [-0.05, 0) is 0 Å². The van der Waals surface area contributed by atoms with Gasteiger partial charge in [0.2, 0.25) is 11.0 Å². The molecule has 0 atom stereocenters. The Morgan fingerprint density at radius 2 is 2.27 bits per heavy atom. The fraction of sp³-hybridized carbons (Fsp3) is 0.286. The summed E-state index contributed by atoms with van der Waals surface area (Å²) in [7, 11) is 1.12. The van der Waals surface area contributed by atoms with Crippen LogP contribution in [0.15, 0.2) is 6.07 Å². The van der Waals surface area contributed by atoms with Crippen LogP contribution in [-0.4, -0.2) is 17.0 Å². The fourth-order valence-electron chi connectivity index (χ4n) is 0.927. The van der Waals surface area contributed by atoms with Gasteiger partial charge >= 0.3 is 5.69 Å². The summed E-state index contributed by atoms with van der Waals surface area (Å²) in [6.07, 6.45) is -2.91. The monoisotopic (exact) mass is 238 g/mol. The van der Waals surface area contributed by atoms with Gasteiger partial charge in [-0.2, -0.15) is 4.98 Å². The number of hydrogen-bond acceptors (Lipinski definition) is 4. The number of ether oxygens (including phenoxy) is 1. The molecule has 0 unspecified atom stereocenters. The van der Waals surface area contributed by atoms with E-state index in [0.29, 0.717) is 6.07 Å². The van der Waals surface area contributed by atoms with Crippen LogP contribution >= 0.6 is 11.6 Å². The molecule has 15 heavy (non-hydrogen) atoms. The first-order valence-electron chi connectivity index (χ1n) is 3.64. The fourth-order valence-corrected chi connectivity index (χ4v) is 1.13. The molecule has 0 aromatic carbocycles. The highest BCUT2D eigenvalue weighted by Gasteiger charge is 2.23. The smallest absolute Gasteiger partial charge is 0.307 e. The number of rotatable bonds is 3. The molecule has 0 aliphatic rings. The molecule has 0 aliphatic carbocycles. The topological polar surface area (TPSA) is 65.3 Å². The summed E-state index contributed by atoms with van der Waals surface area (Å²) < 4.78 is 29.3. The summed E-state index contributed by atoms with van der Waals surface area (Å²) in [5.41, 5.74) is -1.33. The summed E-state index contributed by atoms with van der Waals surface area (Å²) >= 11 is 5.40. The van der Waals surface area contributed by atoms with Crippen molar-refractivity contribution in [3.63, 3.8) is 0 Å². The minimum absolute atomic E-state index is 0.416. The molecule has 1 rings (SSSR count). The first kappa shape index (κ1) is 11.6. The number of alkyl halides is 2. The van der Waals surface area contributed by atoms with E-state index in [1.54, 1.807) is 0 Å². The average Bonchev–Trinajstić information content (AvgIpc) is 2.16. The molecule has 82 valence electrons. The Morgan fingerprint density at radius 3 is 2.67 bits per heavy atom. The Balaban J connectivity index is 3.37. The molecule has 0 saturated carbocycles. The van der Waals surface area contributed by atoms with Gasteiger partial charge in [0.05, 0.1) is 17.6 Å². The van der Waals surface area contributed by atoms with Crippen LogP contribution in [0.5, 0.6) is 5.88 Å². The van der Waals surface area contributed by atoms with E-state index in [4.69, 9.17) is 11.6 Å². The van der Waals surface area contributed by atoms with Crippen LogP contribution in [0, 0.1) is 10.1 Å². The van der Waals surface area contributed by atoms with Crippen LogP contribution in [0.25, 0.3) is 0 Å². The van der Waals surface area contributed by atoms with Gasteiger partial charge < -0.3 is 4.74 Å². The summed E-state index contributed by atoms with van der Waals surface area (Å²) in [5.74, 6) is -0.416. The molecular weight excluding hydrogens is 234 g/mol. The number of hydrogen-bond donors (Lipinski definition) is 0. The minimum atomic E-state index is -2.91.